The van der Waals surface area contributed by atoms with Crippen LogP contribution in [0.15, 0.2) is 83.8 Å². The molecule has 1 atom stereocenters. The minimum absolute atomic E-state index is 0.105. The summed E-state index contributed by atoms with van der Waals surface area (Å²) in [5.74, 6) is -0.585. The van der Waals surface area contributed by atoms with Crippen LogP contribution < -0.4 is 9.62 Å². The van der Waals surface area contributed by atoms with Gasteiger partial charge in [-0.15, -0.1) is 0 Å². The van der Waals surface area contributed by atoms with Gasteiger partial charge in [0.05, 0.1) is 10.6 Å². The first-order valence-corrected chi connectivity index (χ1v) is 15.9. The smallest absolute Gasteiger partial charge is 0.264 e. The van der Waals surface area contributed by atoms with Gasteiger partial charge in [-0.3, -0.25) is 13.9 Å². The highest BCUT2D eigenvalue weighted by molar-refractivity contribution is 7.92. The fraction of sp³-hybridized carbons (Fsp3) is 0.394. The van der Waals surface area contributed by atoms with Crippen molar-refractivity contribution in [2.75, 3.05) is 17.4 Å². The third-order valence-corrected chi connectivity index (χ3v) is 9.46. The van der Waals surface area contributed by atoms with Crippen molar-refractivity contribution in [2.24, 2.45) is 0 Å². The van der Waals surface area contributed by atoms with E-state index in [-0.39, 0.29) is 16.8 Å². The number of amides is 2. The summed E-state index contributed by atoms with van der Waals surface area (Å²) in [5.41, 5.74) is 3.25. The number of hydrogen-bond acceptors (Lipinski definition) is 4. The van der Waals surface area contributed by atoms with Gasteiger partial charge in [0, 0.05) is 12.6 Å². The Labute approximate surface area is 244 Å². The van der Waals surface area contributed by atoms with Gasteiger partial charge in [0.25, 0.3) is 10.0 Å². The summed E-state index contributed by atoms with van der Waals surface area (Å²) in [5, 5.41) is 3.15. The van der Waals surface area contributed by atoms with Gasteiger partial charge < -0.3 is 10.2 Å². The molecule has 0 spiro atoms. The summed E-state index contributed by atoms with van der Waals surface area (Å²) >= 11 is 0. The normalized spacial score (nSPS) is 14.4. The molecule has 1 fully saturated rings. The molecule has 0 bridgehead atoms. The number of carbonyl (C=O) groups excluding carboxylic acids is 2. The fourth-order valence-electron chi connectivity index (χ4n) is 5.61. The molecule has 41 heavy (non-hydrogen) atoms. The molecule has 7 nitrogen and oxygen atoms in total. The van der Waals surface area contributed by atoms with Crippen molar-refractivity contribution in [3.8, 4) is 0 Å². The van der Waals surface area contributed by atoms with Crippen LogP contribution >= 0.6 is 0 Å². The summed E-state index contributed by atoms with van der Waals surface area (Å²) in [6, 6.07) is 22.9. The molecule has 218 valence electrons. The average molecular weight is 576 g/mol. The molecule has 0 radical (unpaired) electrons. The standard InChI is InChI=1S/C33H41N3O4S/c1-4-31(33(38)34-28-15-11-12-16-28)35(20-19-27-13-7-5-8-14-27)32(37)24-36(29-22-25(2)21-26(3)23-29)41(39,40)30-17-9-6-10-18-30/h5-10,13-14,17-18,21-23,28,31H,4,11-12,15-16,19-20,24H2,1-3H3,(H,34,38)/t31-/m0/s1. The molecule has 1 aliphatic carbocycles. The average Bonchev–Trinajstić information content (AvgIpc) is 3.47. The lowest BCUT2D eigenvalue weighted by molar-refractivity contribution is -0.139. The Morgan fingerprint density at radius 1 is 0.902 bits per heavy atom. The molecule has 2 amide bonds. The zero-order chi connectivity index (χ0) is 29.4. The van der Waals surface area contributed by atoms with Gasteiger partial charge in [-0.05, 0) is 80.5 Å². The van der Waals surface area contributed by atoms with Crippen LogP contribution in [0.25, 0.3) is 0 Å². The minimum Gasteiger partial charge on any atom is -0.352 e. The largest absolute Gasteiger partial charge is 0.352 e. The van der Waals surface area contributed by atoms with E-state index in [1.807, 2.05) is 57.2 Å². The molecule has 0 heterocycles. The molecule has 8 heteroatoms. The summed E-state index contributed by atoms with van der Waals surface area (Å²) in [6.07, 6.45) is 5.02. The Morgan fingerprint density at radius 3 is 2.07 bits per heavy atom. The van der Waals surface area contributed by atoms with Gasteiger partial charge in [0.2, 0.25) is 11.8 Å². The number of anilines is 1. The number of nitrogens with zero attached hydrogens (tertiary/aromatic N) is 2. The van der Waals surface area contributed by atoms with Gasteiger partial charge >= 0.3 is 0 Å². The molecule has 3 aromatic carbocycles. The van der Waals surface area contributed by atoms with Crippen molar-refractivity contribution < 1.29 is 18.0 Å². The van der Waals surface area contributed by atoms with Crippen LogP contribution in [-0.2, 0) is 26.0 Å². The molecule has 0 unspecified atom stereocenters. The molecule has 1 N–H and O–H groups in total. The molecule has 0 aromatic heterocycles. The number of carbonyl (C=O) groups is 2. The second-order valence-electron chi connectivity index (χ2n) is 10.9. The van der Waals surface area contributed by atoms with Crippen LogP contribution in [0.4, 0.5) is 5.69 Å². The molecule has 3 aromatic rings. The van der Waals surface area contributed by atoms with Crippen molar-refractivity contribution in [3.05, 3.63) is 95.6 Å². The molecule has 1 aliphatic rings. The van der Waals surface area contributed by atoms with Crippen molar-refractivity contribution in [1.82, 2.24) is 10.2 Å². The van der Waals surface area contributed by atoms with E-state index in [1.54, 1.807) is 35.2 Å². The van der Waals surface area contributed by atoms with Gasteiger partial charge in [0.15, 0.2) is 0 Å². The monoisotopic (exact) mass is 575 g/mol. The quantitative estimate of drug-likeness (QED) is 0.313. The first-order valence-electron chi connectivity index (χ1n) is 14.5. The minimum atomic E-state index is -4.07. The van der Waals surface area contributed by atoms with Crippen LogP contribution in [0.3, 0.4) is 0 Å². The van der Waals surface area contributed by atoms with Crippen molar-refractivity contribution in [2.45, 2.75) is 76.3 Å². The lowest BCUT2D eigenvalue weighted by atomic mass is 10.1. The maximum absolute atomic E-state index is 14.2. The molecule has 1 saturated carbocycles. The predicted octanol–water partition coefficient (Wildman–Crippen LogP) is 5.41. The lowest BCUT2D eigenvalue weighted by Crippen LogP contribution is -2.54. The highest BCUT2D eigenvalue weighted by atomic mass is 32.2. The third-order valence-electron chi connectivity index (χ3n) is 7.68. The van der Waals surface area contributed by atoms with Crippen LogP contribution in [0, 0.1) is 13.8 Å². The number of hydrogen-bond donors (Lipinski definition) is 1. The summed E-state index contributed by atoms with van der Waals surface area (Å²) in [4.78, 5) is 29.4. The zero-order valence-corrected chi connectivity index (χ0v) is 25.1. The van der Waals surface area contributed by atoms with Gasteiger partial charge in [-0.1, -0.05) is 74.4 Å². The summed E-state index contributed by atoms with van der Waals surface area (Å²) in [7, 11) is -4.07. The SMILES string of the molecule is CC[C@@H](C(=O)NC1CCCC1)N(CCc1ccccc1)C(=O)CN(c1cc(C)cc(C)c1)S(=O)(=O)c1ccccc1. The third kappa shape index (κ3) is 7.76. The maximum atomic E-state index is 14.2. The van der Waals surface area contributed by atoms with Crippen molar-refractivity contribution in [1.29, 1.82) is 0 Å². The highest BCUT2D eigenvalue weighted by Crippen LogP contribution is 2.27. The van der Waals surface area contributed by atoms with E-state index in [2.05, 4.69) is 5.32 Å². The van der Waals surface area contributed by atoms with Crippen LogP contribution in [0.5, 0.6) is 0 Å². The van der Waals surface area contributed by atoms with E-state index in [1.165, 1.54) is 16.4 Å². The summed E-state index contributed by atoms with van der Waals surface area (Å²) in [6.45, 7) is 5.58. The first-order chi connectivity index (χ1) is 19.7. The zero-order valence-electron chi connectivity index (χ0n) is 24.3. The number of sulfonamides is 1. The number of benzene rings is 3. The van der Waals surface area contributed by atoms with E-state index < -0.39 is 28.5 Å². The Bertz CT molecular complexity index is 1400. The second-order valence-corrected chi connectivity index (χ2v) is 12.8. The van der Waals surface area contributed by atoms with Crippen molar-refractivity contribution in [3.63, 3.8) is 0 Å². The second kappa shape index (κ2) is 13.8. The predicted molar refractivity (Wildman–Crippen MR) is 163 cm³/mol. The molecule has 4 rings (SSSR count). The van der Waals surface area contributed by atoms with E-state index >= 15 is 0 Å². The lowest BCUT2D eigenvalue weighted by Gasteiger charge is -2.34. The van der Waals surface area contributed by atoms with Gasteiger partial charge in [-0.25, -0.2) is 8.42 Å². The van der Waals surface area contributed by atoms with Crippen molar-refractivity contribution >= 4 is 27.5 Å². The van der Waals surface area contributed by atoms with Gasteiger partial charge in [-0.2, -0.15) is 0 Å². The van der Waals surface area contributed by atoms with E-state index in [9.17, 15) is 18.0 Å². The van der Waals surface area contributed by atoms with E-state index in [0.717, 1.165) is 42.4 Å². The molecule has 0 aliphatic heterocycles. The fourth-order valence-corrected chi connectivity index (χ4v) is 7.03. The van der Waals surface area contributed by atoms with E-state index in [0.29, 0.717) is 25.1 Å². The molecular formula is C33H41N3O4S. The van der Waals surface area contributed by atoms with Crippen LogP contribution in [0.2, 0.25) is 0 Å². The maximum Gasteiger partial charge on any atom is 0.264 e. The first kappa shape index (κ1) is 30.3. The highest BCUT2D eigenvalue weighted by Gasteiger charge is 2.34. The van der Waals surface area contributed by atoms with Crippen LogP contribution in [0.1, 0.15) is 55.7 Å². The van der Waals surface area contributed by atoms with Crippen LogP contribution in [-0.4, -0.2) is 50.3 Å². The molecular weight excluding hydrogens is 534 g/mol. The topological polar surface area (TPSA) is 86.8 Å². The Morgan fingerprint density at radius 2 is 1.49 bits per heavy atom. The Balaban J connectivity index is 1.69. The molecule has 0 saturated heterocycles. The van der Waals surface area contributed by atoms with E-state index in [4.69, 9.17) is 0 Å². The Kier molecular flexibility index (Phi) is 10.2. The number of rotatable bonds is 12. The summed E-state index contributed by atoms with van der Waals surface area (Å²) < 4.78 is 29.1. The van der Waals surface area contributed by atoms with Gasteiger partial charge in [0.1, 0.15) is 12.6 Å². The number of aryl methyl sites for hydroxylation is 2. The Hall–Kier alpha value is -3.65. The number of nitrogens with one attached hydrogen (secondary N) is 1.